The van der Waals surface area contributed by atoms with Crippen LogP contribution in [0.25, 0.3) is 0 Å². The molecule has 0 rings (SSSR count). The van der Waals surface area contributed by atoms with Crippen molar-refractivity contribution < 1.29 is 4.74 Å². The molecule has 0 saturated carbocycles. The van der Waals surface area contributed by atoms with Gasteiger partial charge in [-0.15, -0.1) is 0 Å². The predicted molar refractivity (Wildman–Crippen MR) is 46.9 cm³/mol. The third-order valence-electron chi connectivity index (χ3n) is 1.44. The van der Waals surface area contributed by atoms with Crippen molar-refractivity contribution >= 4 is 5.84 Å². The summed E-state index contributed by atoms with van der Waals surface area (Å²) in [6, 6.07) is 0. The van der Waals surface area contributed by atoms with Crippen LogP contribution in [0.4, 0.5) is 0 Å². The molecule has 0 fully saturated rings. The Morgan fingerprint density at radius 2 is 2.09 bits per heavy atom. The van der Waals surface area contributed by atoms with Crippen molar-refractivity contribution in [1.82, 2.24) is 0 Å². The van der Waals surface area contributed by atoms with Gasteiger partial charge in [0.2, 0.25) is 0 Å². The van der Waals surface area contributed by atoms with Gasteiger partial charge in [0.15, 0.2) is 0 Å². The van der Waals surface area contributed by atoms with Gasteiger partial charge in [-0.05, 0) is 19.8 Å². The lowest BCUT2D eigenvalue weighted by atomic mass is 10.2. The number of hydrogen-bond donors (Lipinski definition) is 2. The summed E-state index contributed by atoms with van der Waals surface area (Å²) >= 11 is 0. The molecule has 66 valence electrons. The van der Waals surface area contributed by atoms with Gasteiger partial charge in [-0.1, -0.05) is 6.42 Å². The average molecular weight is 158 g/mol. The summed E-state index contributed by atoms with van der Waals surface area (Å²) in [5.74, 6) is 0.293. The van der Waals surface area contributed by atoms with Gasteiger partial charge in [0.25, 0.3) is 0 Å². The number of hydrogen-bond acceptors (Lipinski definition) is 2. The summed E-state index contributed by atoms with van der Waals surface area (Å²) in [7, 11) is 0. The topological polar surface area (TPSA) is 59.1 Å². The maximum absolute atomic E-state index is 6.96. The summed E-state index contributed by atoms with van der Waals surface area (Å²) < 4.78 is 5.16. The molecule has 0 aliphatic rings. The molecule has 3 nitrogen and oxygen atoms in total. The van der Waals surface area contributed by atoms with Gasteiger partial charge in [-0.2, -0.15) is 0 Å². The Morgan fingerprint density at radius 1 is 1.36 bits per heavy atom. The van der Waals surface area contributed by atoms with E-state index in [-0.39, 0.29) is 0 Å². The fourth-order valence-electron chi connectivity index (χ4n) is 0.841. The minimum absolute atomic E-state index is 0.293. The zero-order valence-corrected chi connectivity index (χ0v) is 7.23. The zero-order chi connectivity index (χ0) is 8.53. The highest BCUT2D eigenvalue weighted by molar-refractivity contribution is 5.76. The van der Waals surface area contributed by atoms with Crippen LogP contribution in [0.5, 0.6) is 0 Å². The highest BCUT2D eigenvalue weighted by Gasteiger charge is 1.91. The molecule has 0 heterocycles. The lowest BCUT2D eigenvalue weighted by molar-refractivity contribution is 0.143. The van der Waals surface area contributed by atoms with Gasteiger partial charge in [0.1, 0.15) is 0 Å². The van der Waals surface area contributed by atoms with Crippen molar-refractivity contribution in [1.29, 1.82) is 5.41 Å². The van der Waals surface area contributed by atoms with Gasteiger partial charge in [-0.25, -0.2) is 0 Å². The van der Waals surface area contributed by atoms with E-state index in [1.165, 1.54) is 0 Å². The number of amidine groups is 1. The van der Waals surface area contributed by atoms with Crippen molar-refractivity contribution in [2.24, 2.45) is 5.73 Å². The van der Waals surface area contributed by atoms with Crippen molar-refractivity contribution in [2.45, 2.75) is 32.6 Å². The molecule has 0 aliphatic heterocycles. The summed E-state index contributed by atoms with van der Waals surface area (Å²) in [6.07, 6.45) is 3.94. The largest absolute Gasteiger partial charge is 0.388 e. The fourth-order valence-corrected chi connectivity index (χ4v) is 0.841. The number of rotatable bonds is 7. The first-order chi connectivity index (χ1) is 5.27. The molecule has 0 aromatic heterocycles. The molecule has 0 aromatic rings. The normalized spacial score (nSPS) is 9.91. The monoisotopic (exact) mass is 158 g/mol. The summed E-state index contributed by atoms with van der Waals surface area (Å²) in [4.78, 5) is 0. The van der Waals surface area contributed by atoms with Crippen molar-refractivity contribution in [3.63, 3.8) is 0 Å². The van der Waals surface area contributed by atoms with Crippen LogP contribution in [0.15, 0.2) is 0 Å². The number of ether oxygens (including phenoxy) is 1. The molecule has 0 amide bonds. The van der Waals surface area contributed by atoms with Crippen LogP contribution in [0.1, 0.15) is 32.6 Å². The van der Waals surface area contributed by atoms with Crippen LogP contribution < -0.4 is 5.73 Å². The summed E-state index contributed by atoms with van der Waals surface area (Å²) in [5.41, 5.74) is 5.19. The van der Waals surface area contributed by atoms with Crippen LogP contribution in [0.3, 0.4) is 0 Å². The van der Waals surface area contributed by atoms with E-state index >= 15 is 0 Å². The SMILES string of the molecule is CCOCCCCCC(=N)N. The highest BCUT2D eigenvalue weighted by Crippen LogP contribution is 1.98. The van der Waals surface area contributed by atoms with E-state index in [4.69, 9.17) is 15.9 Å². The Balaban J connectivity index is 2.85. The Bertz CT molecular complexity index is 104. The molecule has 0 unspecified atom stereocenters. The number of nitrogens with two attached hydrogens (primary N) is 1. The van der Waals surface area contributed by atoms with E-state index in [2.05, 4.69) is 0 Å². The number of unbranched alkanes of at least 4 members (excludes halogenated alkanes) is 2. The smallest absolute Gasteiger partial charge is 0.0905 e. The van der Waals surface area contributed by atoms with E-state index in [9.17, 15) is 0 Å². The van der Waals surface area contributed by atoms with Gasteiger partial charge >= 0.3 is 0 Å². The second-order valence-electron chi connectivity index (χ2n) is 2.53. The lowest BCUT2D eigenvalue weighted by Gasteiger charge is -2.00. The first-order valence-electron chi connectivity index (χ1n) is 4.18. The maximum atomic E-state index is 6.96. The second-order valence-corrected chi connectivity index (χ2v) is 2.53. The minimum Gasteiger partial charge on any atom is -0.388 e. The van der Waals surface area contributed by atoms with Crippen molar-refractivity contribution in [2.75, 3.05) is 13.2 Å². The predicted octanol–water partition coefficient (Wildman–Crippen LogP) is 1.52. The molecule has 0 spiro atoms. The quantitative estimate of drug-likeness (QED) is 0.335. The standard InChI is InChI=1S/C8H18N2O/c1-2-11-7-5-3-4-6-8(9)10/h2-7H2,1H3,(H3,9,10). The van der Waals surface area contributed by atoms with Gasteiger partial charge < -0.3 is 10.5 Å². The van der Waals surface area contributed by atoms with Crippen LogP contribution in [-0.2, 0) is 4.74 Å². The third kappa shape index (κ3) is 9.43. The molecular weight excluding hydrogens is 140 g/mol. The van der Waals surface area contributed by atoms with E-state index in [0.29, 0.717) is 5.84 Å². The summed E-state index contributed by atoms with van der Waals surface area (Å²) in [5, 5.41) is 6.96. The minimum atomic E-state index is 0.293. The van der Waals surface area contributed by atoms with Crippen LogP contribution >= 0.6 is 0 Å². The van der Waals surface area contributed by atoms with Gasteiger partial charge in [0.05, 0.1) is 5.84 Å². The molecular formula is C8H18N2O. The lowest BCUT2D eigenvalue weighted by Crippen LogP contribution is -2.08. The van der Waals surface area contributed by atoms with E-state index < -0.39 is 0 Å². The molecule has 0 saturated heterocycles. The Kier molecular flexibility index (Phi) is 7.15. The van der Waals surface area contributed by atoms with Crippen LogP contribution in [0, 0.1) is 5.41 Å². The number of nitrogens with one attached hydrogen (secondary N) is 1. The fraction of sp³-hybridized carbons (Fsp3) is 0.875. The molecule has 0 atom stereocenters. The molecule has 3 heteroatoms. The summed E-state index contributed by atoms with van der Waals surface area (Å²) in [6.45, 7) is 3.64. The zero-order valence-electron chi connectivity index (χ0n) is 7.23. The molecule has 3 N–H and O–H groups in total. The Morgan fingerprint density at radius 3 is 2.64 bits per heavy atom. The Labute approximate surface area is 68.4 Å². The van der Waals surface area contributed by atoms with Crippen LogP contribution in [0.2, 0.25) is 0 Å². The second kappa shape index (κ2) is 7.54. The van der Waals surface area contributed by atoms with Crippen molar-refractivity contribution in [3.8, 4) is 0 Å². The average Bonchev–Trinajstić information content (AvgIpc) is 1.96. The van der Waals surface area contributed by atoms with Gasteiger partial charge in [0, 0.05) is 19.6 Å². The third-order valence-corrected chi connectivity index (χ3v) is 1.44. The van der Waals surface area contributed by atoms with E-state index in [0.717, 1.165) is 38.9 Å². The van der Waals surface area contributed by atoms with Crippen LogP contribution in [-0.4, -0.2) is 19.0 Å². The van der Waals surface area contributed by atoms with E-state index in [1.807, 2.05) is 6.92 Å². The highest BCUT2D eigenvalue weighted by atomic mass is 16.5. The molecule has 0 radical (unpaired) electrons. The van der Waals surface area contributed by atoms with E-state index in [1.54, 1.807) is 0 Å². The van der Waals surface area contributed by atoms with Crippen molar-refractivity contribution in [3.05, 3.63) is 0 Å². The Hall–Kier alpha value is -0.570. The molecule has 0 aromatic carbocycles. The first kappa shape index (κ1) is 10.4. The molecule has 0 aliphatic carbocycles. The maximum Gasteiger partial charge on any atom is 0.0905 e. The molecule has 0 bridgehead atoms. The molecule has 11 heavy (non-hydrogen) atoms. The first-order valence-corrected chi connectivity index (χ1v) is 4.18. The van der Waals surface area contributed by atoms with Gasteiger partial charge in [-0.3, -0.25) is 5.41 Å².